The minimum absolute atomic E-state index is 0.0245. The zero-order valence-corrected chi connectivity index (χ0v) is 20.5. The lowest BCUT2D eigenvalue weighted by atomic mass is 10.2. The van der Waals surface area contributed by atoms with Gasteiger partial charge in [0, 0.05) is 41.8 Å². The molecule has 0 radical (unpaired) electrons. The van der Waals surface area contributed by atoms with Crippen LogP contribution >= 0.6 is 23.4 Å². The largest absolute Gasteiger partial charge is 0.337 e. The third-order valence-corrected chi connectivity index (χ3v) is 7.04. The van der Waals surface area contributed by atoms with Crippen LogP contribution in [-0.4, -0.2) is 51.3 Å². The predicted octanol–water partition coefficient (Wildman–Crippen LogP) is 5.15. The van der Waals surface area contributed by atoms with Crippen LogP contribution in [-0.2, 0) is 4.79 Å². The molecule has 2 amide bonds. The molecule has 1 saturated carbocycles. The van der Waals surface area contributed by atoms with Gasteiger partial charge in [-0.2, -0.15) is 16.7 Å². The first-order valence-corrected chi connectivity index (χ1v) is 13.0. The fourth-order valence-electron chi connectivity index (χ4n) is 3.70. The predicted molar refractivity (Wildman–Crippen MR) is 141 cm³/mol. The molecule has 0 bridgehead atoms. The van der Waals surface area contributed by atoms with E-state index < -0.39 is 0 Å². The van der Waals surface area contributed by atoms with E-state index in [1.54, 1.807) is 12.1 Å². The maximum absolute atomic E-state index is 12.7. The molecule has 5 rings (SSSR count). The molecule has 2 fully saturated rings. The number of nitrogens with zero attached hydrogens (tertiary/aromatic N) is 3. The Balaban J connectivity index is 1.28. The van der Waals surface area contributed by atoms with Crippen LogP contribution in [0, 0.1) is 5.92 Å². The average Bonchev–Trinajstić information content (AvgIpc) is 3.74. The number of halogens is 1. The van der Waals surface area contributed by atoms with Crippen LogP contribution in [0.2, 0.25) is 5.02 Å². The summed E-state index contributed by atoms with van der Waals surface area (Å²) >= 11 is 8.22. The lowest BCUT2D eigenvalue weighted by molar-refractivity contribution is -0.117. The van der Waals surface area contributed by atoms with Crippen LogP contribution in [0.15, 0.2) is 54.7 Å². The molecule has 35 heavy (non-hydrogen) atoms. The molecule has 1 aliphatic carbocycles. The summed E-state index contributed by atoms with van der Waals surface area (Å²) in [6, 6.07) is 14.7. The molecule has 8 nitrogen and oxygen atoms in total. The van der Waals surface area contributed by atoms with Crippen molar-refractivity contribution in [2.24, 2.45) is 5.92 Å². The van der Waals surface area contributed by atoms with Gasteiger partial charge in [-0.1, -0.05) is 23.7 Å². The lowest BCUT2D eigenvalue weighted by Crippen LogP contribution is -2.37. The van der Waals surface area contributed by atoms with E-state index in [9.17, 15) is 9.59 Å². The molecule has 1 aliphatic heterocycles. The molecule has 0 unspecified atom stereocenters. The van der Waals surface area contributed by atoms with E-state index in [2.05, 4.69) is 25.9 Å². The second-order valence-corrected chi connectivity index (χ2v) is 10.1. The third-order valence-electron chi connectivity index (χ3n) is 5.82. The number of amides is 2. The molecular formula is C25H25ClN6O2S. The Morgan fingerprint density at radius 3 is 2.40 bits per heavy atom. The van der Waals surface area contributed by atoms with E-state index in [1.807, 2.05) is 53.1 Å². The summed E-state index contributed by atoms with van der Waals surface area (Å²) < 4.78 is 0. The number of thioether (sulfide) groups is 1. The normalized spacial score (nSPS) is 15.4. The Kier molecular flexibility index (Phi) is 7.06. The second-order valence-electron chi connectivity index (χ2n) is 8.43. The highest BCUT2D eigenvalue weighted by Crippen LogP contribution is 2.33. The number of carbonyl (C=O) groups excluding carboxylic acids is 2. The van der Waals surface area contributed by atoms with Crippen molar-refractivity contribution in [3.05, 3.63) is 65.3 Å². The number of hydrogen-bond donors (Lipinski definition) is 3. The number of nitrogens with one attached hydrogen (secondary N) is 3. The van der Waals surface area contributed by atoms with Crippen molar-refractivity contribution in [1.82, 2.24) is 14.9 Å². The zero-order chi connectivity index (χ0) is 24.2. The number of hydrogen-bond acceptors (Lipinski definition) is 7. The van der Waals surface area contributed by atoms with Gasteiger partial charge in [-0.05, 0) is 49.2 Å². The van der Waals surface area contributed by atoms with Crippen LogP contribution in [0.3, 0.4) is 0 Å². The maximum atomic E-state index is 12.7. The van der Waals surface area contributed by atoms with Gasteiger partial charge in [-0.25, -0.2) is 4.98 Å². The molecule has 3 N–H and O–H groups in total. The summed E-state index contributed by atoms with van der Waals surface area (Å²) in [5.74, 6) is 2.90. The van der Waals surface area contributed by atoms with Crippen molar-refractivity contribution in [2.45, 2.75) is 12.8 Å². The minimum atomic E-state index is 0.0245. The van der Waals surface area contributed by atoms with E-state index in [1.165, 1.54) is 6.20 Å². The highest BCUT2D eigenvalue weighted by molar-refractivity contribution is 7.99. The van der Waals surface area contributed by atoms with Crippen LogP contribution in [0.5, 0.6) is 0 Å². The van der Waals surface area contributed by atoms with Gasteiger partial charge in [0.2, 0.25) is 11.9 Å². The number of anilines is 5. The highest BCUT2D eigenvalue weighted by Gasteiger charge is 2.30. The first-order chi connectivity index (χ1) is 17.1. The molecule has 2 heterocycles. The van der Waals surface area contributed by atoms with Gasteiger partial charge in [0.25, 0.3) is 5.91 Å². The van der Waals surface area contributed by atoms with Crippen molar-refractivity contribution in [1.29, 1.82) is 0 Å². The van der Waals surface area contributed by atoms with E-state index in [4.69, 9.17) is 11.6 Å². The summed E-state index contributed by atoms with van der Waals surface area (Å²) in [4.78, 5) is 35.6. The van der Waals surface area contributed by atoms with Gasteiger partial charge < -0.3 is 20.9 Å². The molecule has 10 heteroatoms. The molecule has 1 aromatic heterocycles. The maximum Gasteiger partial charge on any atom is 0.253 e. The summed E-state index contributed by atoms with van der Waals surface area (Å²) in [7, 11) is 0. The lowest BCUT2D eigenvalue weighted by Gasteiger charge is -2.26. The Morgan fingerprint density at radius 1 is 0.971 bits per heavy atom. The Hall–Kier alpha value is -3.30. The molecule has 180 valence electrons. The van der Waals surface area contributed by atoms with Crippen molar-refractivity contribution >= 4 is 64.0 Å². The number of rotatable bonds is 7. The van der Waals surface area contributed by atoms with Crippen molar-refractivity contribution in [2.75, 3.05) is 40.5 Å². The molecular weight excluding hydrogens is 484 g/mol. The summed E-state index contributed by atoms with van der Waals surface area (Å²) in [5, 5.41) is 9.67. The van der Waals surface area contributed by atoms with Crippen molar-refractivity contribution < 1.29 is 9.59 Å². The topological polar surface area (TPSA) is 99.2 Å². The van der Waals surface area contributed by atoms with Gasteiger partial charge in [-0.15, -0.1) is 0 Å². The molecule has 1 saturated heterocycles. The van der Waals surface area contributed by atoms with Gasteiger partial charge in [0.1, 0.15) is 5.02 Å². The molecule has 3 aromatic rings. The van der Waals surface area contributed by atoms with E-state index in [0.29, 0.717) is 33.7 Å². The number of benzene rings is 2. The number of aromatic nitrogens is 2. The molecule has 2 aliphatic rings. The van der Waals surface area contributed by atoms with Gasteiger partial charge in [-0.3, -0.25) is 9.59 Å². The first kappa shape index (κ1) is 23.4. The van der Waals surface area contributed by atoms with Crippen molar-refractivity contribution in [3.63, 3.8) is 0 Å². The summed E-state index contributed by atoms with van der Waals surface area (Å²) in [5.41, 5.74) is 2.76. The van der Waals surface area contributed by atoms with Gasteiger partial charge in [0.05, 0.1) is 17.6 Å². The minimum Gasteiger partial charge on any atom is -0.337 e. The summed E-state index contributed by atoms with van der Waals surface area (Å²) in [6.45, 7) is 1.57. The second kappa shape index (κ2) is 10.5. The standard InChI is InChI=1S/C25H25ClN6O2S/c26-19-15-27-25(28-18-9-7-17(8-10-18)24(34)32-11-13-35-14-12-32)31-22(19)29-20-3-1-2-4-21(20)30-23(33)16-5-6-16/h1-4,7-10,15-16H,5-6,11-14H2,(H,30,33)(H2,27,28,29,31). The SMILES string of the molecule is O=C(Nc1ccccc1Nc1nc(Nc2ccc(C(=O)N3CCSCC3)cc2)ncc1Cl)C1CC1. The molecule has 0 spiro atoms. The Labute approximate surface area is 212 Å². The highest BCUT2D eigenvalue weighted by atomic mass is 35.5. The zero-order valence-electron chi connectivity index (χ0n) is 19.0. The van der Waals surface area contributed by atoms with Gasteiger partial charge in [0.15, 0.2) is 5.82 Å². The number of carbonyl (C=O) groups is 2. The third kappa shape index (κ3) is 5.86. The average molecular weight is 509 g/mol. The number of para-hydroxylation sites is 2. The molecule has 0 atom stereocenters. The Bertz CT molecular complexity index is 1230. The van der Waals surface area contributed by atoms with Crippen LogP contribution < -0.4 is 16.0 Å². The quantitative estimate of drug-likeness (QED) is 0.405. The van der Waals surface area contributed by atoms with Crippen LogP contribution in [0.25, 0.3) is 0 Å². The monoisotopic (exact) mass is 508 g/mol. The van der Waals surface area contributed by atoms with E-state index in [-0.39, 0.29) is 17.7 Å². The van der Waals surface area contributed by atoms with E-state index in [0.717, 1.165) is 43.1 Å². The molecule has 2 aromatic carbocycles. The van der Waals surface area contributed by atoms with E-state index >= 15 is 0 Å². The first-order valence-electron chi connectivity index (χ1n) is 11.5. The van der Waals surface area contributed by atoms with Crippen LogP contribution in [0.4, 0.5) is 28.8 Å². The summed E-state index contributed by atoms with van der Waals surface area (Å²) in [6.07, 6.45) is 3.37. The smallest absolute Gasteiger partial charge is 0.253 e. The fraction of sp³-hybridized carbons (Fsp3) is 0.280. The fourth-order valence-corrected chi connectivity index (χ4v) is 4.74. The van der Waals surface area contributed by atoms with Gasteiger partial charge >= 0.3 is 0 Å². The van der Waals surface area contributed by atoms with Crippen LogP contribution in [0.1, 0.15) is 23.2 Å². The van der Waals surface area contributed by atoms with Crippen molar-refractivity contribution in [3.8, 4) is 0 Å². The Morgan fingerprint density at radius 2 is 1.69 bits per heavy atom.